The monoisotopic (exact) mass is 360 g/mol. The lowest BCUT2D eigenvalue weighted by atomic mass is 9.89. The van der Waals surface area contributed by atoms with Gasteiger partial charge in [0.2, 0.25) is 5.88 Å². The lowest BCUT2D eigenvalue weighted by molar-refractivity contribution is 0.299. The zero-order chi connectivity index (χ0) is 18.2. The van der Waals surface area contributed by atoms with E-state index in [1.807, 2.05) is 12.3 Å². The molecule has 0 bridgehead atoms. The first-order valence-corrected chi connectivity index (χ1v) is 9.62. The fourth-order valence-electron chi connectivity index (χ4n) is 4.66. The van der Waals surface area contributed by atoms with Gasteiger partial charge in [-0.2, -0.15) is 0 Å². The van der Waals surface area contributed by atoms with Gasteiger partial charge in [-0.25, -0.2) is 9.97 Å². The second kappa shape index (κ2) is 6.82. The SMILES string of the molecule is COc1ncccc1CN1C[C@H]2Cc3ncc(-c4ccccc4)n3C[C@@H]2C1. The van der Waals surface area contributed by atoms with Crippen molar-refractivity contribution in [2.45, 2.75) is 19.5 Å². The van der Waals surface area contributed by atoms with Crippen LogP contribution in [0.5, 0.6) is 5.88 Å². The highest BCUT2D eigenvalue weighted by atomic mass is 16.5. The minimum Gasteiger partial charge on any atom is -0.481 e. The number of rotatable bonds is 4. The first kappa shape index (κ1) is 16.5. The molecule has 5 nitrogen and oxygen atoms in total. The van der Waals surface area contributed by atoms with Gasteiger partial charge in [0.05, 0.1) is 19.0 Å². The molecule has 5 rings (SSSR count). The number of fused-ring (bicyclic) bond motifs is 2. The number of likely N-dealkylation sites (tertiary alicyclic amines) is 1. The Hall–Kier alpha value is -2.66. The van der Waals surface area contributed by atoms with Crippen molar-refractivity contribution < 1.29 is 4.74 Å². The number of hydrogen-bond donors (Lipinski definition) is 0. The standard InChI is InChI=1S/C22H24N4O/c1-27-22-17(8-5-9-23-22)12-25-13-18-10-21-24-11-20(16-6-3-2-4-7-16)26(21)15-19(18)14-25/h2-9,11,18-19H,10,12-15H2,1H3/t18-,19+/m1/s1. The second-order valence-corrected chi connectivity index (χ2v) is 7.63. The number of hydrogen-bond acceptors (Lipinski definition) is 4. The van der Waals surface area contributed by atoms with Crippen LogP contribution in [0, 0.1) is 11.8 Å². The highest BCUT2D eigenvalue weighted by Gasteiger charge is 2.38. The minimum absolute atomic E-state index is 0.678. The van der Waals surface area contributed by atoms with Crippen LogP contribution in [-0.4, -0.2) is 39.6 Å². The third kappa shape index (κ3) is 3.02. The third-order valence-electron chi connectivity index (χ3n) is 5.96. The quantitative estimate of drug-likeness (QED) is 0.716. The first-order chi connectivity index (χ1) is 13.3. The number of aromatic nitrogens is 3. The van der Waals surface area contributed by atoms with Crippen LogP contribution in [0.25, 0.3) is 11.3 Å². The topological polar surface area (TPSA) is 43.2 Å². The molecule has 3 aromatic rings. The van der Waals surface area contributed by atoms with Crippen molar-refractivity contribution in [1.29, 1.82) is 0 Å². The molecule has 0 unspecified atom stereocenters. The zero-order valence-corrected chi connectivity index (χ0v) is 15.6. The summed E-state index contributed by atoms with van der Waals surface area (Å²) in [5.74, 6) is 3.34. The Morgan fingerprint density at radius 1 is 1.00 bits per heavy atom. The molecule has 2 aliphatic rings. The van der Waals surface area contributed by atoms with E-state index in [0.29, 0.717) is 11.8 Å². The van der Waals surface area contributed by atoms with Crippen molar-refractivity contribution in [2.75, 3.05) is 20.2 Å². The molecular weight excluding hydrogens is 336 g/mol. The van der Waals surface area contributed by atoms with E-state index >= 15 is 0 Å². The van der Waals surface area contributed by atoms with Crippen molar-refractivity contribution >= 4 is 0 Å². The van der Waals surface area contributed by atoms with E-state index in [4.69, 9.17) is 9.72 Å². The van der Waals surface area contributed by atoms with Gasteiger partial charge >= 0.3 is 0 Å². The summed E-state index contributed by atoms with van der Waals surface area (Å²) in [6, 6.07) is 14.7. The highest BCUT2D eigenvalue weighted by molar-refractivity contribution is 5.59. The van der Waals surface area contributed by atoms with Gasteiger partial charge in [-0.3, -0.25) is 4.90 Å². The van der Waals surface area contributed by atoms with Crippen molar-refractivity contribution in [1.82, 2.24) is 19.4 Å². The number of nitrogens with zero attached hydrogens (tertiary/aromatic N) is 4. The average molecular weight is 360 g/mol. The van der Waals surface area contributed by atoms with Crippen LogP contribution in [0.4, 0.5) is 0 Å². The summed E-state index contributed by atoms with van der Waals surface area (Å²) in [5, 5.41) is 0. The fraction of sp³-hybridized carbons (Fsp3) is 0.364. The molecule has 1 saturated heterocycles. The molecule has 0 N–H and O–H groups in total. The average Bonchev–Trinajstić information content (AvgIpc) is 3.29. The number of benzene rings is 1. The summed E-state index contributed by atoms with van der Waals surface area (Å²) in [5.41, 5.74) is 3.67. The largest absolute Gasteiger partial charge is 0.481 e. The molecule has 4 heterocycles. The van der Waals surface area contributed by atoms with Crippen LogP contribution in [0.15, 0.2) is 54.9 Å². The molecule has 5 heteroatoms. The van der Waals surface area contributed by atoms with E-state index in [0.717, 1.165) is 38.5 Å². The Morgan fingerprint density at radius 2 is 1.85 bits per heavy atom. The van der Waals surface area contributed by atoms with Crippen molar-refractivity contribution in [3.8, 4) is 17.1 Å². The molecule has 1 aromatic carbocycles. The molecular formula is C22H24N4O. The van der Waals surface area contributed by atoms with E-state index < -0.39 is 0 Å². The molecule has 0 radical (unpaired) electrons. The highest BCUT2D eigenvalue weighted by Crippen LogP contribution is 2.36. The van der Waals surface area contributed by atoms with E-state index in [1.54, 1.807) is 13.3 Å². The molecule has 0 saturated carbocycles. The van der Waals surface area contributed by atoms with E-state index in [-0.39, 0.29) is 0 Å². The fourth-order valence-corrected chi connectivity index (χ4v) is 4.66. The summed E-state index contributed by atoms with van der Waals surface area (Å²) in [4.78, 5) is 11.6. The molecule has 1 fully saturated rings. The van der Waals surface area contributed by atoms with Crippen LogP contribution in [0.2, 0.25) is 0 Å². The van der Waals surface area contributed by atoms with E-state index in [2.05, 4.69) is 50.8 Å². The van der Waals surface area contributed by atoms with Crippen LogP contribution in [0.1, 0.15) is 11.4 Å². The number of pyridine rings is 1. The lowest BCUT2D eigenvalue weighted by Gasteiger charge is -2.27. The summed E-state index contributed by atoms with van der Waals surface area (Å²) >= 11 is 0. The maximum Gasteiger partial charge on any atom is 0.217 e. The number of ether oxygens (including phenoxy) is 1. The lowest BCUT2D eigenvalue weighted by Crippen LogP contribution is -2.28. The predicted molar refractivity (Wildman–Crippen MR) is 104 cm³/mol. The van der Waals surface area contributed by atoms with Gasteiger partial charge in [0, 0.05) is 44.4 Å². The number of imidazole rings is 1. The zero-order valence-electron chi connectivity index (χ0n) is 15.6. The summed E-state index contributed by atoms with van der Waals surface area (Å²) in [6.45, 7) is 4.20. The van der Waals surface area contributed by atoms with Gasteiger partial charge in [0.15, 0.2) is 0 Å². The van der Waals surface area contributed by atoms with Crippen LogP contribution in [-0.2, 0) is 19.5 Å². The molecule has 2 aromatic heterocycles. The smallest absolute Gasteiger partial charge is 0.217 e. The molecule has 2 atom stereocenters. The van der Waals surface area contributed by atoms with Gasteiger partial charge in [-0.1, -0.05) is 36.4 Å². The van der Waals surface area contributed by atoms with E-state index in [9.17, 15) is 0 Å². The number of methoxy groups -OCH3 is 1. The molecule has 2 aliphatic heterocycles. The third-order valence-corrected chi connectivity index (χ3v) is 5.96. The van der Waals surface area contributed by atoms with Crippen molar-refractivity contribution in [3.05, 3.63) is 66.2 Å². The van der Waals surface area contributed by atoms with Gasteiger partial charge < -0.3 is 9.30 Å². The Bertz CT molecular complexity index is 936. The maximum atomic E-state index is 5.43. The van der Waals surface area contributed by atoms with Gasteiger partial charge in [0.1, 0.15) is 5.82 Å². The maximum absolute atomic E-state index is 5.43. The molecule has 0 aliphatic carbocycles. The Labute approximate surface area is 159 Å². The predicted octanol–water partition coefficient (Wildman–Crippen LogP) is 3.26. The van der Waals surface area contributed by atoms with E-state index in [1.165, 1.54) is 22.6 Å². The van der Waals surface area contributed by atoms with Crippen molar-refractivity contribution in [3.63, 3.8) is 0 Å². The van der Waals surface area contributed by atoms with Crippen LogP contribution >= 0.6 is 0 Å². The summed E-state index contributed by atoms with van der Waals surface area (Å²) < 4.78 is 7.86. The molecule has 0 spiro atoms. The second-order valence-electron chi connectivity index (χ2n) is 7.63. The normalized spacial score (nSPS) is 21.7. The Balaban J connectivity index is 1.34. The summed E-state index contributed by atoms with van der Waals surface area (Å²) in [6.07, 6.45) is 4.90. The first-order valence-electron chi connectivity index (χ1n) is 9.62. The molecule has 27 heavy (non-hydrogen) atoms. The van der Waals surface area contributed by atoms with Gasteiger partial charge in [-0.05, 0) is 23.5 Å². The van der Waals surface area contributed by atoms with Gasteiger partial charge in [0.25, 0.3) is 0 Å². The Morgan fingerprint density at radius 3 is 2.70 bits per heavy atom. The molecule has 138 valence electrons. The van der Waals surface area contributed by atoms with Crippen molar-refractivity contribution in [2.24, 2.45) is 11.8 Å². The Kier molecular flexibility index (Phi) is 4.17. The minimum atomic E-state index is 0.678. The van der Waals surface area contributed by atoms with Gasteiger partial charge in [-0.15, -0.1) is 0 Å². The summed E-state index contributed by atoms with van der Waals surface area (Å²) in [7, 11) is 1.69. The van der Waals surface area contributed by atoms with Crippen LogP contribution in [0.3, 0.4) is 0 Å². The molecule has 0 amide bonds. The van der Waals surface area contributed by atoms with Crippen LogP contribution < -0.4 is 4.74 Å².